The van der Waals surface area contributed by atoms with Crippen LogP contribution in [0, 0.1) is 0 Å². The Kier molecular flexibility index (Phi) is 5.37. The molecule has 0 amide bonds. The highest BCUT2D eigenvalue weighted by Crippen LogP contribution is 2.12. The summed E-state index contributed by atoms with van der Waals surface area (Å²) in [5, 5.41) is 11.0. The van der Waals surface area contributed by atoms with Crippen LogP contribution in [-0.4, -0.2) is 28.1 Å². The fourth-order valence-electron chi connectivity index (χ4n) is 1.70. The molecule has 19 heavy (non-hydrogen) atoms. The number of aromatic nitrogens is 3. The van der Waals surface area contributed by atoms with Gasteiger partial charge in [0, 0.05) is 19.3 Å². The summed E-state index contributed by atoms with van der Waals surface area (Å²) in [6, 6.07) is 8.22. The molecule has 0 fully saturated rings. The van der Waals surface area contributed by atoms with Gasteiger partial charge in [-0.3, -0.25) is 4.68 Å². The van der Waals surface area contributed by atoms with Gasteiger partial charge in [0.25, 0.3) is 0 Å². The van der Waals surface area contributed by atoms with E-state index in [0.717, 1.165) is 38.4 Å². The summed E-state index contributed by atoms with van der Waals surface area (Å²) in [7, 11) is 0. The van der Waals surface area contributed by atoms with Crippen molar-refractivity contribution in [3.8, 4) is 5.75 Å². The predicted molar refractivity (Wildman–Crippen MR) is 74.0 cm³/mol. The Morgan fingerprint density at radius 1 is 1.26 bits per heavy atom. The highest BCUT2D eigenvalue weighted by Gasteiger charge is 1.96. The average molecular weight is 260 g/mol. The van der Waals surface area contributed by atoms with Crippen LogP contribution in [0.25, 0.3) is 0 Å². The summed E-state index contributed by atoms with van der Waals surface area (Å²) < 4.78 is 7.36. The van der Waals surface area contributed by atoms with E-state index in [1.54, 1.807) is 6.20 Å². The third kappa shape index (κ3) is 4.71. The highest BCUT2D eigenvalue weighted by molar-refractivity contribution is 5.27. The van der Waals surface area contributed by atoms with E-state index >= 15 is 0 Å². The smallest absolute Gasteiger partial charge is 0.119 e. The van der Waals surface area contributed by atoms with Crippen molar-refractivity contribution in [3.05, 3.63) is 42.2 Å². The molecule has 5 heteroatoms. The Morgan fingerprint density at radius 3 is 2.79 bits per heavy atom. The lowest BCUT2D eigenvalue weighted by atomic mass is 10.2. The first-order valence-electron chi connectivity index (χ1n) is 6.65. The minimum atomic E-state index is 0.773. The van der Waals surface area contributed by atoms with Crippen molar-refractivity contribution in [2.45, 2.75) is 26.4 Å². The van der Waals surface area contributed by atoms with E-state index in [1.165, 1.54) is 5.56 Å². The normalized spacial score (nSPS) is 10.6. The van der Waals surface area contributed by atoms with Crippen molar-refractivity contribution in [3.63, 3.8) is 0 Å². The lowest BCUT2D eigenvalue weighted by Gasteiger charge is -2.07. The molecule has 0 saturated carbocycles. The van der Waals surface area contributed by atoms with E-state index in [0.29, 0.717) is 0 Å². The second kappa shape index (κ2) is 7.53. The van der Waals surface area contributed by atoms with Crippen molar-refractivity contribution in [2.75, 3.05) is 13.2 Å². The molecular weight excluding hydrogens is 240 g/mol. The first kappa shape index (κ1) is 13.5. The summed E-state index contributed by atoms with van der Waals surface area (Å²) in [6.07, 6.45) is 4.59. The molecule has 102 valence electrons. The minimum absolute atomic E-state index is 0.773. The zero-order valence-electron chi connectivity index (χ0n) is 11.2. The average Bonchev–Trinajstić information content (AvgIpc) is 2.96. The van der Waals surface area contributed by atoms with E-state index in [9.17, 15) is 0 Å². The Balaban J connectivity index is 1.68. The van der Waals surface area contributed by atoms with E-state index in [4.69, 9.17) is 4.74 Å². The number of nitrogens with one attached hydrogen (secondary N) is 1. The lowest BCUT2D eigenvalue weighted by Crippen LogP contribution is -2.19. The van der Waals surface area contributed by atoms with Crippen molar-refractivity contribution in [2.24, 2.45) is 0 Å². The molecule has 0 unspecified atom stereocenters. The van der Waals surface area contributed by atoms with Crippen LogP contribution in [0.2, 0.25) is 0 Å². The van der Waals surface area contributed by atoms with Crippen LogP contribution < -0.4 is 10.1 Å². The minimum Gasteiger partial charge on any atom is -0.494 e. The van der Waals surface area contributed by atoms with Crippen molar-refractivity contribution in [1.82, 2.24) is 20.3 Å². The second-order valence-electron chi connectivity index (χ2n) is 4.34. The van der Waals surface area contributed by atoms with Crippen molar-refractivity contribution in [1.29, 1.82) is 0 Å². The molecule has 0 aliphatic heterocycles. The summed E-state index contributed by atoms with van der Waals surface area (Å²) >= 11 is 0. The van der Waals surface area contributed by atoms with Gasteiger partial charge >= 0.3 is 0 Å². The lowest BCUT2D eigenvalue weighted by molar-refractivity contribution is 0.317. The van der Waals surface area contributed by atoms with Crippen molar-refractivity contribution >= 4 is 0 Å². The number of rotatable bonds is 8. The van der Waals surface area contributed by atoms with Gasteiger partial charge < -0.3 is 10.1 Å². The van der Waals surface area contributed by atoms with Crippen LogP contribution in [-0.2, 0) is 13.1 Å². The van der Waals surface area contributed by atoms with Gasteiger partial charge in [-0.15, -0.1) is 5.10 Å². The highest BCUT2D eigenvalue weighted by atomic mass is 16.5. The number of nitrogens with zero attached hydrogens (tertiary/aromatic N) is 3. The maximum absolute atomic E-state index is 5.55. The van der Waals surface area contributed by atoms with Crippen LogP contribution in [0.15, 0.2) is 36.7 Å². The molecule has 1 aromatic carbocycles. The van der Waals surface area contributed by atoms with Crippen LogP contribution in [0.1, 0.15) is 18.9 Å². The third-order valence-corrected chi connectivity index (χ3v) is 2.71. The maximum atomic E-state index is 5.55. The summed E-state index contributed by atoms with van der Waals surface area (Å²) in [6.45, 7) is 5.43. The first-order valence-corrected chi connectivity index (χ1v) is 6.65. The van der Waals surface area contributed by atoms with E-state index in [-0.39, 0.29) is 0 Å². The molecule has 0 spiro atoms. The fourth-order valence-corrected chi connectivity index (χ4v) is 1.70. The van der Waals surface area contributed by atoms with Crippen LogP contribution in [0.4, 0.5) is 0 Å². The Hall–Kier alpha value is -1.88. The number of hydrogen-bond donors (Lipinski definition) is 1. The topological polar surface area (TPSA) is 52.0 Å². The molecular formula is C14H20N4O. The van der Waals surface area contributed by atoms with Gasteiger partial charge in [-0.25, -0.2) is 0 Å². The molecule has 0 aliphatic carbocycles. The van der Waals surface area contributed by atoms with E-state index < -0.39 is 0 Å². The molecule has 2 rings (SSSR count). The Morgan fingerprint density at radius 2 is 2.11 bits per heavy atom. The van der Waals surface area contributed by atoms with Crippen LogP contribution in [0.5, 0.6) is 5.75 Å². The second-order valence-corrected chi connectivity index (χ2v) is 4.34. The molecule has 0 radical (unpaired) electrons. The molecule has 1 aromatic heterocycles. The van der Waals surface area contributed by atoms with Crippen molar-refractivity contribution < 1.29 is 4.74 Å². The predicted octanol–water partition coefficient (Wildman–Crippen LogP) is 1.86. The first-order chi connectivity index (χ1) is 9.38. The molecule has 5 nitrogen and oxygen atoms in total. The summed E-state index contributed by atoms with van der Waals surface area (Å²) in [5.74, 6) is 0.938. The quantitative estimate of drug-likeness (QED) is 0.736. The molecule has 1 heterocycles. The summed E-state index contributed by atoms with van der Waals surface area (Å²) in [4.78, 5) is 0. The molecule has 1 N–H and O–H groups in total. The fraction of sp³-hybridized carbons (Fsp3) is 0.429. The maximum Gasteiger partial charge on any atom is 0.119 e. The van der Waals surface area contributed by atoms with Crippen LogP contribution >= 0.6 is 0 Å². The van der Waals surface area contributed by atoms with Gasteiger partial charge in [0.15, 0.2) is 0 Å². The molecule has 0 atom stereocenters. The number of benzene rings is 1. The zero-order valence-corrected chi connectivity index (χ0v) is 11.2. The monoisotopic (exact) mass is 260 g/mol. The van der Waals surface area contributed by atoms with E-state index in [2.05, 4.69) is 34.7 Å². The molecule has 2 aromatic rings. The Bertz CT molecular complexity index is 453. The molecule has 0 saturated heterocycles. The SMILES string of the molecule is CCCOc1ccc(CNCCn2ccnn2)cc1. The zero-order chi connectivity index (χ0) is 13.3. The molecule has 0 bridgehead atoms. The number of ether oxygens (including phenoxy) is 1. The Labute approximate surface area is 113 Å². The van der Waals surface area contributed by atoms with Gasteiger partial charge in [-0.05, 0) is 24.1 Å². The van der Waals surface area contributed by atoms with Gasteiger partial charge in [0.05, 0.1) is 19.3 Å². The van der Waals surface area contributed by atoms with E-state index in [1.807, 2.05) is 23.0 Å². The largest absolute Gasteiger partial charge is 0.494 e. The van der Waals surface area contributed by atoms with Gasteiger partial charge in [-0.2, -0.15) is 0 Å². The standard InChI is InChI=1S/C14H20N4O/c1-2-11-19-14-5-3-13(4-6-14)12-15-7-9-18-10-8-16-17-18/h3-6,8,10,15H,2,7,9,11-12H2,1H3. The van der Waals surface area contributed by atoms with Gasteiger partial charge in [-0.1, -0.05) is 24.3 Å². The number of hydrogen-bond acceptors (Lipinski definition) is 4. The molecule has 0 aliphatic rings. The van der Waals surface area contributed by atoms with Gasteiger partial charge in [0.1, 0.15) is 5.75 Å². The summed E-state index contributed by atoms with van der Waals surface area (Å²) in [5.41, 5.74) is 1.25. The third-order valence-electron chi connectivity index (χ3n) is 2.71. The van der Waals surface area contributed by atoms with Gasteiger partial charge in [0.2, 0.25) is 0 Å². The van der Waals surface area contributed by atoms with Crippen LogP contribution in [0.3, 0.4) is 0 Å².